The van der Waals surface area contributed by atoms with Gasteiger partial charge < -0.3 is 19.9 Å². The van der Waals surface area contributed by atoms with Crippen LogP contribution in [0.5, 0.6) is 0 Å². The minimum atomic E-state index is -0.731. The average molecular weight is 374 g/mol. The van der Waals surface area contributed by atoms with E-state index in [-0.39, 0.29) is 5.91 Å². The number of rotatable bonds is 5. The fourth-order valence-electron chi connectivity index (χ4n) is 3.14. The predicted molar refractivity (Wildman–Crippen MR) is 107 cm³/mol. The molecule has 7 nitrogen and oxygen atoms in total. The van der Waals surface area contributed by atoms with Gasteiger partial charge in [-0.1, -0.05) is 30.3 Å². The van der Waals surface area contributed by atoms with Crippen molar-refractivity contribution in [2.45, 2.75) is 12.5 Å². The van der Waals surface area contributed by atoms with Crippen molar-refractivity contribution < 1.29 is 4.79 Å². The van der Waals surface area contributed by atoms with E-state index < -0.39 is 17.2 Å². The minimum absolute atomic E-state index is 0.175. The predicted octanol–water partition coefficient (Wildman–Crippen LogP) is 2.44. The highest BCUT2D eigenvalue weighted by Gasteiger charge is 2.20. The number of carbonyl (C=O) groups excluding carboxylic acids is 1. The van der Waals surface area contributed by atoms with Gasteiger partial charge in [0, 0.05) is 24.5 Å². The summed E-state index contributed by atoms with van der Waals surface area (Å²) in [5, 5.41) is 2.90. The maximum Gasteiger partial charge on any atom is 0.314 e. The van der Waals surface area contributed by atoms with Crippen molar-refractivity contribution in [2.24, 2.45) is 0 Å². The number of nitrogens with zero attached hydrogens (tertiary/aromatic N) is 1. The molecular weight excluding hydrogens is 356 g/mol. The summed E-state index contributed by atoms with van der Waals surface area (Å²) >= 11 is 0. The molecule has 2 aromatic carbocycles. The highest BCUT2D eigenvalue weighted by Crippen LogP contribution is 2.19. The van der Waals surface area contributed by atoms with Crippen LogP contribution in [0.1, 0.15) is 11.6 Å². The molecule has 1 atom stereocenters. The Morgan fingerprint density at radius 3 is 2.29 bits per heavy atom. The molecule has 4 aromatic rings. The van der Waals surface area contributed by atoms with Gasteiger partial charge in [-0.2, -0.15) is 0 Å². The molecule has 140 valence electrons. The smallest absolute Gasteiger partial charge is 0.314 e. The lowest BCUT2D eigenvalue weighted by Gasteiger charge is -2.19. The van der Waals surface area contributed by atoms with E-state index in [4.69, 9.17) is 0 Å². The van der Waals surface area contributed by atoms with Gasteiger partial charge in [-0.05, 0) is 35.9 Å². The van der Waals surface area contributed by atoms with E-state index in [2.05, 4.69) is 15.3 Å². The van der Waals surface area contributed by atoms with Crippen LogP contribution in [0.25, 0.3) is 11.0 Å². The number of aromatic amines is 2. The number of carbonyl (C=O) groups is 1. The second kappa shape index (κ2) is 7.40. The average Bonchev–Trinajstić information content (AvgIpc) is 3.22. The summed E-state index contributed by atoms with van der Waals surface area (Å²) in [6.07, 6.45) is 4.25. The zero-order valence-corrected chi connectivity index (χ0v) is 14.9. The number of hydrogen-bond donors (Lipinski definition) is 3. The molecule has 0 bridgehead atoms. The van der Waals surface area contributed by atoms with Gasteiger partial charge in [0.1, 0.15) is 6.04 Å². The van der Waals surface area contributed by atoms with Crippen LogP contribution < -0.4 is 16.4 Å². The van der Waals surface area contributed by atoms with Crippen LogP contribution in [0.3, 0.4) is 0 Å². The topological polar surface area (TPSA) is 99.8 Å². The number of amides is 1. The molecule has 0 spiro atoms. The van der Waals surface area contributed by atoms with Gasteiger partial charge >= 0.3 is 11.1 Å². The molecule has 7 heteroatoms. The largest absolute Gasteiger partial charge is 0.342 e. The van der Waals surface area contributed by atoms with E-state index in [0.717, 1.165) is 5.56 Å². The van der Waals surface area contributed by atoms with Crippen molar-refractivity contribution in [2.75, 3.05) is 5.32 Å². The Morgan fingerprint density at radius 2 is 1.57 bits per heavy atom. The van der Waals surface area contributed by atoms with Gasteiger partial charge in [-0.25, -0.2) is 0 Å². The normalized spacial score (nSPS) is 12.0. The minimum Gasteiger partial charge on any atom is -0.342 e. The molecule has 0 aliphatic rings. The van der Waals surface area contributed by atoms with Crippen molar-refractivity contribution >= 4 is 22.6 Å². The lowest BCUT2D eigenvalue weighted by Crippen LogP contribution is -2.29. The second-order valence-corrected chi connectivity index (χ2v) is 6.49. The number of H-pyrrole nitrogens is 2. The first-order valence-corrected chi connectivity index (χ1v) is 8.84. The monoisotopic (exact) mass is 374 g/mol. The van der Waals surface area contributed by atoms with Gasteiger partial charge in [0.05, 0.1) is 11.0 Å². The van der Waals surface area contributed by atoms with E-state index in [0.29, 0.717) is 23.1 Å². The summed E-state index contributed by atoms with van der Waals surface area (Å²) in [7, 11) is 0. The first kappa shape index (κ1) is 17.5. The van der Waals surface area contributed by atoms with E-state index in [1.807, 2.05) is 59.4 Å². The lowest BCUT2D eigenvalue weighted by atomic mass is 10.0. The molecule has 0 fully saturated rings. The van der Waals surface area contributed by atoms with Crippen LogP contribution in [0.4, 0.5) is 5.69 Å². The highest BCUT2D eigenvalue weighted by atomic mass is 16.2. The van der Waals surface area contributed by atoms with E-state index >= 15 is 0 Å². The first-order valence-electron chi connectivity index (χ1n) is 8.84. The Morgan fingerprint density at radius 1 is 0.893 bits per heavy atom. The van der Waals surface area contributed by atoms with Crippen molar-refractivity contribution in [1.29, 1.82) is 0 Å². The van der Waals surface area contributed by atoms with Crippen LogP contribution in [0, 0.1) is 0 Å². The number of hydrogen-bond acceptors (Lipinski definition) is 3. The standard InChI is InChI=1S/C21H18N4O3/c26-19(18(25-10-4-5-11-25)12-14-6-2-1-3-7-14)22-15-8-9-16-17(13-15)24-21(28)20(27)23-16/h1-11,13,18H,12H2,(H,22,26)(H,23,27)(H,24,28)/t18-/m1/s1. The summed E-state index contributed by atoms with van der Waals surface area (Å²) in [4.78, 5) is 41.0. The second-order valence-electron chi connectivity index (χ2n) is 6.49. The third kappa shape index (κ3) is 3.64. The molecule has 3 N–H and O–H groups in total. The Kier molecular flexibility index (Phi) is 4.63. The van der Waals surface area contributed by atoms with Crippen molar-refractivity contribution in [3.8, 4) is 0 Å². The zero-order valence-electron chi connectivity index (χ0n) is 14.9. The number of benzene rings is 2. The molecule has 0 aliphatic heterocycles. The molecule has 28 heavy (non-hydrogen) atoms. The Labute approximate surface area is 159 Å². The third-order valence-electron chi connectivity index (χ3n) is 4.55. The molecule has 1 amide bonds. The van der Waals surface area contributed by atoms with Gasteiger partial charge in [-0.15, -0.1) is 0 Å². The van der Waals surface area contributed by atoms with Crippen LogP contribution >= 0.6 is 0 Å². The summed E-state index contributed by atoms with van der Waals surface area (Å²) < 4.78 is 1.86. The summed E-state index contributed by atoms with van der Waals surface area (Å²) in [5.41, 5.74) is 1.09. The first-order chi connectivity index (χ1) is 13.6. The fraction of sp³-hybridized carbons (Fsp3) is 0.0952. The lowest BCUT2D eigenvalue weighted by molar-refractivity contribution is -0.119. The Hall–Kier alpha value is -3.87. The van der Waals surface area contributed by atoms with Crippen molar-refractivity contribution in [1.82, 2.24) is 14.5 Å². The van der Waals surface area contributed by atoms with Gasteiger partial charge in [-0.3, -0.25) is 14.4 Å². The molecule has 0 aliphatic carbocycles. The molecule has 4 rings (SSSR count). The van der Waals surface area contributed by atoms with Crippen LogP contribution in [0.15, 0.2) is 82.6 Å². The summed E-state index contributed by atoms with van der Waals surface area (Å²) in [6, 6.07) is 18.1. The maximum atomic E-state index is 13.0. The summed E-state index contributed by atoms with van der Waals surface area (Å²) in [5.74, 6) is -0.175. The quantitative estimate of drug-likeness (QED) is 0.468. The number of aromatic nitrogens is 3. The van der Waals surface area contributed by atoms with Crippen LogP contribution in [0.2, 0.25) is 0 Å². The van der Waals surface area contributed by atoms with Crippen LogP contribution in [-0.2, 0) is 11.2 Å². The molecule has 0 radical (unpaired) electrons. The number of anilines is 1. The summed E-state index contributed by atoms with van der Waals surface area (Å²) in [6.45, 7) is 0. The van der Waals surface area contributed by atoms with Gasteiger partial charge in [0.2, 0.25) is 5.91 Å². The van der Waals surface area contributed by atoms with E-state index in [9.17, 15) is 14.4 Å². The molecule has 0 saturated heterocycles. The number of fused-ring (bicyclic) bond motifs is 1. The Bertz CT molecular complexity index is 1220. The van der Waals surface area contributed by atoms with E-state index in [1.165, 1.54) is 0 Å². The fourth-order valence-corrected chi connectivity index (χ4v) is 3.14. The van der Waals surface area contributed by atoms with Crippen LogP contribution in [-0.4, -0.2) is 20.4 Å². The SMILES string of the molecule is O=C(Nc1ccc2[nH]c(=O)c(=O)[nH]c2c1)[C@@H](Cc1ccccc1)n1cccc1. The molecular formula is C21H18N4O3. The highest BCUT2D eigenvalue weighted by molar-refractivity contribution is 5.95. The number of nitrogens with one attached hydrogen (secondary N) is 3. The Balaban J connectivity index is 1.62. The molecule has 0 unspecified atom stereocenters. The van der Waals surface area contributed by atoms with Crippen molar-refractivity contribution in [3.05, 3.63) is 99.3 Å². The van der Waals surface area contributed by atoms with Gasteiger partial charge in [0.25, 0.3) is 0 Å². The third-order valence-corrected chi connectivity index (χ3v) is 4.55. The molecule has 0 saturated carbocycles. The van der Waals surface area contributed by atoms with Crippen molar-refractivity contribution in [3.63, 3.8) is 0 Å². The molecule has 2 aromatic heterocycles. The maximum absolute atomic E-state index is 13.0. The van der Waals surface area contributed by atoms with Gasteiger partial charge in [0.15, 0.2) is 0 Å². The molecule has 2 heterocycles. The van der Waals surface area contributed by atoms with E-state index in [1.54, 1.807) is 18.2 Å². The zero-order chi connectivity index (χ0) is 19.5.